The Labute approximate surface area is 161 Å². The van der Waals surface area contributed by atoms with Gasteiger partial charge in [-0.15, -0.1) is 0 Å². The molecular formula is C22H28N4O. The Bertz CT molecular complexity index is 794. The Hall–Kier alpha value is -2.43. The van der Waals surface area contributed by atoms with Crippen molar-refractivity contribution in [3.8, 4) is 0 Å². The molecule has 1 atom stereocenters. The third-order valence-corrected chi connectivity index (χ3v) is 6.00. The van der Waals surface area contributed by atoms with Gasteiger partial charge in [0.05, 0.1) is 0 Å². The molecule has 0 unspecified atom stereocenters. The van der Waals surface area contributed by atoms with Crippen LogP contribution in [0.2, 0.25) is 0 Å². The standard InChI is InChI=1S/C22H28N4O/c1-18-7-12-24-20(15-18)25-13-4-9-22(16-25)10-6-21(27)26(17-22)14-8-19-5-2-3-11-23-19/h2-3,5,7,11-12,15H,4,6,8-10,13-14,16-17H2,1H3/t22-/m1/s1. The second kappa shape index (κ2) is 7.67. The number of piperidine rings is 2. The monoisotopic (exact) mass is 364 g/mol. The van der Waals surface area contributed by atoms with E-state index in [1.54, 1.807) is 0 Å². The van der Waals surface area contributed by atoms with E-state index >= 15 is 0 Å². The van der Waals surface area contributed by atoms with Crippen LogP contribution < -0.4 is 4.90 Å². The minimum Gasteiger partial charge on any atom is -0.356 e. The Balaban J connectivity index is 1.44. The summed E-state index contributed by atoms with van der Waals surface area (Å²) in [5.41, 5.74) is 2.50. The van der Waals surface area contributed by atoms with Crippen LogP contribution in [-0.4, -0.2) is 47.0 Å². The lowest BCUT2D eigenvalue weighted by molar-refractivity contribution is -0.137. The summed E-state index contributed by atoms with van der Waals surface area (Å²) in [5, 5.41) is 0. The molecule has 0 radical (unpaired) electrons. The Kier molecular flexibility index (Phi) is 5.10. The molecule has 2 fully saturated rings. The van der Waals surface area contributed by atoms with Crippen LogP contribution in [0.5, 0.6) is 0 Å². The average molecular weight is 364 g/mol. The molecule has 27 heavy (non-hydrogen) atoms. The van der Waals surface area contributed by atoms with Gasteiger partial charge in [0, 0.05) is 62.5 Å². The summed E-state index contributed by atoms with van der Waals surface area (Å²) in [6, 6.07) is 10.2. The van der Waals surface area contributed by atoms with E-state index < -0.39 is 0 Å². The zero-order valence-corrected chi connectivity index (χ0v) is 16.1. The van der Waals surface area contributed by atoms with Crippen molar-refractivity contribution in [2.75, 3.05) is 31.1 Å². The fourth-order valence-corrected chi connectivity index (χ4v) is 4.53. The van der Waals surface area contributed by atoms with Crippen LogP contribution in [0.25, 0.3) is 0 Å². The van der Waals surface area contributed by atoms with Crippen LogP contribution in [0.4, 0.5) is 5.82 Å². The van der Waals surface area contributed by atoms with Crippen LogP contribution in [0.15, 0.2) is 42.7 Å². The largest absolute Gasteiger partial charge is 0.356 e. The summed E-state index contributed by atoms with van der Waals surface area (Å²) in [6.45, 7) is 5.79. The number of hydrogen-bond donors (Lipinski definition) is 0. The van der Waals surface area contributed by atoms with E-state index in [4.69, 9.17) is 0 Å². The van der Waals surface area contributed by atoms with Gasteiger partial charge in [-0.1, -0.05) is 6.07 Å². The number of carbonyl (C=O) groups excluding carboxylic acids is 1. The van der Waals surface area contributed by atoms with Gasteiger partial charge >= 0.3 is 0 Å². The molecule has 2 aliphatic rings. The highest BCUT2D eigenvalue weighted by molar-refractivity contribution is 5.77. The Morgan fingerprint density at radius 3 is 2.85 bits per heavy atom. The molecule has 5 heteroatoms. The number of hydrogen-bond acceptors (Lipinski definition) is 4. The number of amides is 1. The number of nitrogens with zero attached hydrogens (tertiary/aromatic N) is 4. The van der Waals surface area contributed by atoms with Crippen LogP contribution in [-0.2, 0) is 11.2 Å². The van der Waals surface area contributed by atoms with Gasteiger partial charge in [0.2, 0.25) is 5.91 Å². The predicted octanol–water partition coefficient (Wildman–Crippen LogP) is 3.24. The van der Waals surface area contributed by atoms with Gasteiger partial charge < -0.3 is 9.80 Å². The first-order chi connectivity index (χ1) is 13.1. The summed E-state index contributed by atoms with van der Waals surface area (Å²) in [4.78, 5) is 26.0. The average Bonchev–Trinajstić information content (AvgIpc) is 2.70. The van der Waals surface area contributed by atoms with Crippen LogP contribution in [0, 0.1) is 12.3 Å². The second-order valence-corrected chi connectivity index (χ2v) is 8.10. The van der Waals surface area contributed by atoms with E-state index in [2.05, 4.69) is 32.8 Å². The van der Waals surface area contributed by atoms with E-state index in [0.717, 1.165) is 57.0 Å². The molecule has 0 N–H and O–H groups in total. The van der Waals surface area contributed by atoms with Crippen molar-refractivity contribution in [3.63, 3.8) is 0 Å². The van der Waals surface area contributed by atoms with Crippen LogP contribution in [0.1, 0.15) is 36.9 Å². The molecule has 2 aromatic heterocycles. The molecule has 0 aromatic carbocycles. The van der Waals surface area contributed by atoms with E-state index in [1.165, 1.54) is 12.0 Å². The fraction of sp³-hybridized carbons (Fsp3) is 0.500. The second-order valence-electron chi connectivity index (χ2n) is 8.10. The highest BCUT2D eigenvalue weighted by Crippen LogP contribution is 2.40. The van der Waals surface area contributed by atoms with Crippen molar-refractivity contribution >= 4 is 11.7 Å². The zero-order chi connectivity index (χ0) is 18.7. The molecule has 0 aliphatic carbocycles. The lowest BCUT2D eigenvalue weighted by Crippen LogP contribution is -2.54. The van der Waals surface area contributed by atoms with Crippen molar-refractivity contribution in [2.45, 2.75) is 39.0 Å². The van der Waals surface area contributed by atoms with Crippen LogP contribution in [0.3, 0.4) is 0 Å². The van der Waals surface area contributed by atoms with Gasteiger partial charge in [-0.25, -0.2) is 4.98 Å². The summed E-state index contributed by atoms with van der Waals surface area (Å²) in [5.74, 6) is 1.37. The molecule has 1 amide bonds. The highest BCUT2D eigenvalue weighted by Gasteiger charge is 2.41. The molecule has 4 rings (SSSR count). The summed E-state index contributed by atoms with van der Waals surface area (Å²) >= 11 is 0. The molecule has 1 spiro atoms. The maximum Gasteiger partial charge on any atom is 0.222 e. The van der Waals surface area contributed by atoms with E-state index in [0.29, 0.717) is 12.3 Å². The third-order valence-electron chi connectivity index (χ3n) is 6.00. The van der Waals surface area contributed by atoms with Crippen molar-refractivity contribution < 1.29 is 4.79 Å². The fourth-order valence-electron chi connectivity index (χ4n) is 4.53. The molecule has 5 nitrogen and oxygen atoms in total. The number of likely N-dealkylation sites (tertiary alicyclic amines) is 1. The van der Waals surface area contributed by atoms with E-state index in [-0.39, 0.29) is 5.41 Å². The van der Waals surface area contributed by atoms with Gasteiger partial charge in [-0.2, -0.15) is 0 Å². The third kappa shape index (κ3) is 4.12. The van der Waals surface area contributed by atoms with E-state index in [1.807, 2.05) is 36.7 Å². The number of carbonyl (C=O) groups is 1. The normalized spacial score (nSPS) is 23.1. The number of aromatic nitrogens is 2. The maximum atomic E-state index is 12.5. The van der Waals surface area contributed by atoms with Crippen molar-refractivity contribution in [3.05, 3.63) is 54.0 Å². The van der Waals surface area contributed by atoms with Crippen molar-refractivity contribution in [1.29, 1.82) is 0 Å². The minimum atomic E-state index is 0.196. The molecule has 2 aliphatic heterocycles. The molecule has 142 valence electrons. The molecule has 2 saturated heterocycles. The lowest BCUT2D eigenvalue weighted by atomic mass is 9.73. The number of aryl methyl sites for hydroxylation is 1. The minimum absolute atomic E-state index is 0.196. The molecule has 0 saturated carbocycles. The van der Waals surface area contributed by atoms with Crippen LogP contribution >= 0.6 is 0 Å². The number of rotatable bonds is 4. The van der Waals surface area contributed by atoms with Gasteiger partial charge in [0.25, 0.3) is 0 Å². The molecule has 0 bridgehead atoms. The topological polar surface area (TPSA) is 49.3 Å². The maximum absolute atomic E-state index is 12.5. The van der Waals surface area contributed by atoms with Crippen molar-refractivity contribution in [1.82, 2.24) is 14.9 Å². The SMILES string of the molecule is Cc1ccnc(N2CCC[C@@]3(CCC(=O)N(CCc4ccccn4)C3)C2)c1. The van der Waals surface area contributed by atoms with E-state index in [9.17, 15) is 4.79 Å². The first-order valence-electron chi connectivity index (χ1n) is 9.99. The van der Waals surface area contributed by atoms with Gasteiger partial charge in [0.15, 0.2) is 0 Å². The smallest absolute Gasteiger partial charge is 0.222 e. The zero-order valence-electron chi connectivity index (χ0n) is 16.1. The quantitative estimate of drug-likeness (QED) is 0.836. The van der Waals surface area contributed by atoms with Gasteiger partial charge in [0.1, 0.15) is 5.82 Å². The predicted molar refractivity (Wildman–Crippen MR) is 107 cm³/mol. The van der Waals surface area contributed by atoms with Gasteiger partial charge in [-0.3, -0.25) is 9.78 Å². The number of anilines is 1. The first kappa shape index (κ1) is 18.0. The summed E-state index contributed by atoms with van der Waals surface area (Å²) < 4.78 is 0. The molecule has 2 aromatic rings. The Morgan fingerprint density at radius 1 is 1.11 bits per heavy atom. The Morgan fingerprint density at radius 2 is 2.04 bits per heavy atom. The first-order valence-corrected chi connectivity index (χ1v) is 9.99. The van der Waals surface area contributed by atoms with Gasteiger partial charge in [-0.05, 0) is 56.0 Å². The molecular weight excluding hydrogens is 336 g/mol. The molecule has 4 heterocycles. The number of pyridine rings is 2. The highest BCUT2D eigenvalue weighted by atomic mass is 16.2. The summed E-state index contributed by atoms with van der Waals surface area (Å²) in [6.07, 6.45) is 8.57. The summed E-state index contributed by atoms with van der Waals surface area (Å²) in [7, 11) is 0. The van der Waals surface area contributed by atoms with Crippen molar-refractivity contribution in [2.24, 2.45) is 5.41 Å². The lowest BCUT2D eigenvalue weighted by Gasteiger charge is -2.48.